The number of nitrogens with two attached hydrogens (primary N) is 1. The van der Waals surface area contributed by atoms with E-state index in [1.807, 2.05) is 6.08 Å². The van der Waals surface area contributed by atoms with Gasteiger partial charge in [0.15, 0.2) is 0 Å². The summed E-state index contributed by atoms with van der Waals surface area (Å²) in [5.74, 6) is 0.549. The highest BCUT2D eigenvalue weighted by molar-refractivity contribution is 5.56. The lowest BCUT2D eigenvalue weighted by atomic mass is 10.1. The highest BCUT2D eigenvalue weighted by Gasteiger charge is 2.18. The van der Waals surface area contributed by atoms with E-state index in [-0.39, 0.29) is 11.5 Å². The van der Waals surface area contributed by atoms with Crippen molar-refractivity contribution in [3.05, 3.63) is 35.7 Å². The molecule has 1 fully saturated rings. The number of benzene rings is 1. The van der Waals surface area contributed by atoms with E-state index in [1.165, 1.54) is 18.9 Å². The molecule has 1 saturated carbocycles. The quantitative estimate of drug-likeness (QED) is 0.729. The first-order valence-corrected chi connectivity index (χ1v) is 4.97. The molecule has 0 aliphatic heterocycles. The number of hydrogen-bond donors (Lipinski definition) is 1. The Morgan fingerprint density at radius 2 is 2.21 bits per heavy atom. The lowest BCUT2D eigenvalue weighted by molar-refractivity contribution is 0.632. The van der Waals surface area contributed by atoms with Crippen LogP contribution in [0.5, 0.6) is 0 Å². The maximum atomic E-state index is 12.8. The minimum absolute atomic E-state index is 0.221. The summed E-state index contributed by atoms with van der Waals surface area (Å²) in [7, 11) is 0. The van der Waals surface area contributed by atoms with Crippen LogP contribution in [0.3, 0.4) is 0 Å². The van der Waals surface area contributed by atoms with Crippen LogP contribution in [-0.4, -0.2) is 0 Å². The lowest BCUT2D eigenvalue weighted by Crippen LogP contribution is -1.90. The van der Waals surface area contributed by atoms with Gasteiger partial charge in [0.1, 0.15) is 5.82 Å². The summed E-state index contributed by atoms with van der Waals surface area (Å²) >= 11 is 0. The Labute approximate surface area is 83.4 Å². The standard InChI is InChI=1S/C12H14FN/c13-11-7-6-10(8-12(11)14)3-1-2-9-4-5-9/h1,3,6-9H,2,4-5,14H2. The smallest absolute Gasteiger partial charge is 0.146 e. The zero-order valence-corrected chi connectivity index (χ0v) is 8.04. The lowest BCUT2D eigenvalue weighted by Gasteiger charge is -1.97. The Bertz CT molecular complexity index is 353. The van der Waals surface area contributed by atoms with Crippen molar-refractivity contribution < 1.29 is 4.39 Å². The van der Waals surface area contributed by atoms with E-state index in [0.29, 0.717) is 0 Å². The van der Waals surface area contributed by atoms with Gasteiger partial charge in [-0.15, -0.1) is 0 Å². The van der Waals surface area contributed by atoms with Gasteiger partial charge in [0.2, 0.25) is 0 Å². The molecule has 2 heteroatoms. The van der Waals surface area contributed by atoms with Crippen molar-refractivity contribution in [1.29, 1.82) is 0 Å². The molecule has 0 unspecified atom stereocenters. The van der Waals surface area contributed by atoms with Gasteiger partial charge < -0.3 is 5.73 Å². The van der Waals surface area contributed by atoms with E-state index < -0.39 is 0 Å². The van der Waals surface area contributed by atoms with Gasteiger partial charge in [-0.2, -0.15) is 0 Å². The number of hydrogen-bond acceptors (Lipinski definition) is 1. The summed E-state index contributed by atoms with van der Waals surface area (Å²) in [5.41, 5.74) is 6.65. The van der Waals surface area contributed by atoms with Crippen LogP contribution in [0, 0.1) is 11.7 Å². The summed E-state index contributed by atoms with van der Waals surface area (Å²) in [6.07, 6.45) is 8.00. The number of allylic oxidation sites excluding steroid dienone is 1. The summed E-state index contributed by atoms with van der Waals surface area (Å²) < 4.78 is 12.8. The van der Waals surface area contributed by atoms with E-state index in [1.54, 1.807) is 12.1 Å². The first-order valence-electron chi connectivity index (χ1n) is 4.97. The Morgan fingerprint density at radius 3 is 2.86 bits per heavy atom. The third-order valence-electron chi connectivity index (χ3n) is 2.50. The average molecular weight is 191 g/mol. The van der Waals surface area contributed by atoms with Gasteiger partial charge in [-0.05, 0) is 42.9 Å². The molecule has 0 bridgehead atoms. The average Bonchev–Trinajstić information content (AvgIpc) is 2.95. The number of nitrogen functional groups attached to an aromatic ring is 1. The summed E-state index contributed by atoms with van der Waals surface area (Å²) in [6.45, 7) is 0. The molecule has 1 nitrogen and oxygen atoms in total. The highest BCUT2D eigenvalue weighted by atomic mass is 19.1. The molecule has 0 spiro atoms. The van der Waals surface area contributed by atoms with Crippen LogP contribution in [0.1, 0.15) is 24.8 Å². The van der Waals surface area contributed by atoms with E-state index in [0.717, 1.165) is 17.9 Å². The van der Waals surface area contributed by atoms with Gasteiger partial charge in [0.25, 0.3) is 0 Å². The minimum Gasteiger partial charge on any atom is -0.396 e. The van der Waals surface area contributed by atoms with Gasteiger partial charge in [-0.1, -0.05) is 18.2 Å². The van der Waals surface area contributed by atoms with Crippen LogP contribution in [0.15, 0.2) is 24.3 Å². The number of halogens is 1. The van der Waals surface area contributed by atoms with Crippen molar-refractivity contribution in [3.8, 4) is 0 Å². The summed E-state index contributed by atoms with van der Waals surface area (Å²) in [4.78, 5) is 0. The van der Waals surface area contributed by atoms with Crippen LogP contribution in [0.2, 0.25) is 0 Å². The number of anilines is 1. The van der Waals surface area contributed by atoms with E-state index in [9.17, 15) is 4.39 Å². The fourth-order valence-corrected chi connectivity index (χ4v) is 1.42. The Kier molecular flexibility index (Phi) is 2.53. The Hall–Kier alpha value is -1.31. The van der Waals surface area contributed by atoms with Crippen LogP contribution in [-0.2, 0) is 0 Å². The second-order valence-electron chi connectivity index (χ2n) is 3.86. The minimum atomic E-state index is -0.343. The fourth-order valence-electron chi connectivity index (χ4n) is 1.42. The maximum Gasteiger partial charge on any atom is 0.146 e. The van der Waals surface area contributed by atoms with Crippen molar-refractivity contribution in [3.63, 3.8) is 0 Å². The van der Waals surface area contributed by atoms with Crippen LogP contribution in [0.4, 0.5) is 10.1 Å². The molecular weight excluding hydrogens is 177 g/mol. The van der Waals surface area contributed by atoms with E-state index in [2.05, 4.69) is 6.08 Å². The molecule has 1 aliphatic rings. The zero-order valence-electron chi connectivity index (χ0n) is 8.04. The first-order chi connectivity index (χ1) is 6.75. The maximum absolute atomic E-state index is 12.8. The predicted octanol–water partition coefficient (Wildman–Crippen LogP) is 3.22. The second-order valence-corrected chi connectivity index (χ2v) is 3.86. The molecule has 2 rings (SSSR count). The SMILES string of the molecule is Nc1cc(C=CCC2CC2)ccc1F. The topological polar surface area (TPSA) is 26.0 Å². The second kappa shape index (κ2) is 3.82. The van der Waals surface area contributed by atoms with Crippen LogP contribution in [0.25, 0.3) is 6.08 Å². The molecule has 0 radical (unpaired) electrons. The van der Waals surface area contributed by atoms with Crippen molar-refractivity contribution in [1.82, 2.24) is 0 Å². The van der Waals surface area contributed by atoms with Crippen molar-refractivity contribution in [2.24, 2.45) is 5.92 Å². The van der Waals surface area contributed by atoms with Gasteiger partial charge in [0.05, 0.1) is 5.69 Å². The molecular formula is C12H14FN. The molecule has 0 heterocycles. The van der Waals surface area contributed by atoms with E-state index in [4.69, 9.17) is 5.73 Å². The summed E-state index contributed by atoms with van der Waals surface area (Å²) in [6, 6.07) is 4.82. The molecule has 0 aromatic heterocycles. The molecule has 0 atom stereocenters. The molecule has 1 aromatic rings. The third-order valence-corrected chi connectivity index (χ3v) is 2.50. The monoisotopic (exact) mass is 191 g/mol. The number of rotatable bonds is 3. The fraction of sp³-hybridized carbons (Fsp3) is 0.333. The van der Waals surface area contributed by atoms with E-state index >= 15 is 0 Å². The molecule has 0 saturated heterocycles. The van der Waals surface area contributed by atoms with Gasteiger partial charge >= 0.3 is 0 Å². The van der Waals surface area contributed by atoms with Crippen molar-refractivity contribution >= 4 is 11.8 Å². The summed E-state index contributed by atoms with van der Waals surface area (Å²) in [5, 5.41) is 0. The third kappa shape index (κ3) is 2.34. The van der Waals surface area contributed by atoms with Gasteiger partial charge in [-0.3, -0.25) is 0 Å². The molecule has 1 aliphatic carbocycles. The van der Waals surface area contributed by atoms with Crippen LogP contribution < -0.4 is 5.73 Å². The first kappa shape index (κ1) is 9.25. The predicted molar refractivity (Wildman–Crippen MR) is 57.2 cm³/mol. The van der Waals surface area contributed by atoms with Crippen molar-refractivity contribution in [2.75, 3.05) is 5.73 Å². The Balaban J connectivity index is 2.00. The van der Waals surface area contributed by atoms with Gasteiger partial charge in [-0.25, -0.2) is 4.39 Å². The molecule has 74 valence electrons. The molecule has 2 N–H and O–H groups in total. The highest BCUT2D eigenvalue weighted by Crippen LogP contribution is 2.32. The van der Waals surface area contributed by atoms with Crippen molar-refractivity contribution in [2.45, 2.75) is 19.3 Å². The molecule has 0 amide bonds. The normalized spacial score (nSPS) is 16.4. The van der Waals surface area contributed by atoms with Crippen LogP contribution >= 0.6 is 0 Å². The Morgan fingerprint density at radius 1 is 1.43 bits per heavy atom. The van der Waals surface area contributed by atoms with Gasteiger partial charge in [0, 0.05) is 0 Å². The zero-order chi connectivity index (χ0) is 9.97. The molecule has 1 aromatic carbocycles. The molecule has 14 heavy (non-hydrogen) atoms. The largest absolute Gasteiger partial charge is 0.396 e.